The molecule has 1 N–H and O–H groups in total. The van der Waals surface area contributed by atoms with Crippen molar-refractivity contribution in [1.29, 1.82) is 0 Å². The number of hydrogen-bond donors (Lipinski definition) is 1. The largest absolute Gasteiger partial charge is 0.493 e. The summed E-state index contributed by atoms with van der Waals surface area (Å²) in [6.07, 6.45) is 1.80. The summed E-state index contributed by atoms with van der Waals surface area (Å²) in [6.45, 7) is 0. The average molecular weight is 357 g/mol. The molecule has 0 bridgehead atoms. The molecule has 0 saturated carbocycles. The minimum atomic E-state index is 0.679. The second-order valence-electron chi connectivity index (χ2n) is 6.03. The number of hydrogen-bond acceptors (Lipinski definition) is 4. The molecule has 3 aromatic carbocycles. The molecular weight excluding hydrogens is 338 g/mol. The Balaban J connectivity index is 1.62. The normalized spacial score (nSPS) is 11.2. The Kier molecular flexibility index (Phi) is 4.58. The van der Waals surface area contributed by atoms with E-state index >= 15 is 0 Å². The van der Waals surface area contributed by atoms with Crippen molar-refractivity contribution in [1.82, 2.24) is 9.97 Å². The van der Waals surface area contributed by atoms with Crippen molar-refractivity contribution in [2.24, 2.45) is 4.99 Å². The lowest BCUT2D eigenvalue weighted by atomic mass is 10.2. The molecule has 0 saturated heterocycles. The van der Waals surface area contributed by atoms with Crippen molar-refractivity contribution in [2.45, 2.75) is 0 Å². The van der Waals surface area contributed by atoms with Gasteiger partial charge in [-0.25, -0.2) is 4.98 Å². The van der Waals surface area contributed by atoms with E-state index in [2.05, 4.69) is 15.0 Å². The zero-order valence-electron chi connectivity index (χ0n) is 15.1. The summed E-state index contributed by atoms with van der Waals surface area (Å²) in [7, 11) is 3.24. The molecule has 5 heteroatoms. The topological polar surface area (TPSA) is 59.5 Å². The zero-order chi connectivity index (χ0) is 18.6. The summed E-state index contributed by atoms with van der Waals surface area (Å²) in [6, 6.07) is 21.7. The van der Waals surface area contributed by atoms with Crippen LogP contribution in [-0.2, 0) is 0 Å². The molecule has 1 heterocycles. The quantitative estimate of drug-likeness (QED) is 0.512. The minimum absolute atomic E-state index is 0.679. The van der Waals surface area contributed by atoms with Gasteiger partial charge < -0.3 is 14.5 Å². The average Bonchev–Trinajstić information content (AvgIpc) is 3.16. The number of H-pyrrole nitrogens is 1. The monoisotopic (exact) mass is 357 g/mol. The highest BCUT2D eigenvalue weighted by molar-refractivity contribution is 5.86. The zero-order valence-corrected chi connectivity index (χ0v) is 15.1. The van der Waals surface area contributed by atoms with Crippen LogP contribution >= 0.6 is 0 Å². The molecule has 0 spiro atoms. The van der Waals surface area contributed by atoms with Crippen LogP contribution in [0.2, 0.25) is 0 Å². The number of methoxy groups -OCH3 is 2. The molecule has 1 aromatic heterocycles. The second kappa shape index (κ2) is 7.33. The van der Waals surface area contributed by atoms with Gasteiger partial charge in [0, 0.05) is 11.8 Å². The molecule has 0 radical (unpaired) electrons. The first kappa shape index (κ1) is 16.8. The Hall–Kier alpha value is -3.60. The van der Waals surface area contributed by atoms with Crippen LogP contribution in [0.1, 0.15) is 5.56 Å². The van der Waals surface area contributed by atoms with Gasteiger partial charge in [-0.1, -0.05) is 30.3 Å². The van der Waals surface area contributed by atoms with E-state index in [1.54, 1.807) is 20.4 Å². The fraction of sp³-hybridized carbons (Fsp3) is 0.0909. The highest BCUT2D eigenvalue weighted by Gasteiger charge is 2.06. The first-order valence-electron chi connectivity index (χ1n) is 8.58. The number of imidazole rings is 1. The van der Waals surface area contributed by atoms with E-state index in [-0.39, 0.29) is 0 Å². The third kappa shape index (κ3) is 3.53. The van der Waals surface area contributed by atoms with Gasteiger partial charge in [0.2, 0.25) is 0 Å². The van der Waals surface area contributed by atoms with E-state index in [4.69, 9.17) is 9.47 Å². The van der Waals surface area contributed by atoms with E-state index in [0.29, 0.717) is 11.5 Å². The molecule has 27 heavy (non-hydrogen) atoms. The predicted octanol–water partition coefficient (Wildman–Crippen LogP) is 5.00. The van der Waals surface area contributed by atoms with Gasteiger partial charge in [0.05, 0.1) is 30.9 Å². The van der Waals surface area contributed by atoms with Crippen LogP contribution in [0.5, 0.6) is 11.5 Å². The number of ether oxygens (including phenoxy) is 2. The summed E-state index contributed by atoms with van der Waals surface area (Å²) in [5.74, 6) is 2.23. The number of aromatic nitrogens is 2. The summed E-state index contributed by atoms with van der Waals surface area (Å²) in [5, 5.41) is 0. The summed E-state index contributed by atoms with van der Waals surface area (Å²) in [4.78, 5) is 12.6. The summed E-state index contributed by atoms with van der Waals surface area (Å²) in [5.41, 5.74) is 4.71. The lowest BCUT2D eigenvalue weighted by Crippen LogP contribution is -1.91. The van der Waals surface area contributed by atoms with Crippen LogP contribution < -0.4 is 9.47 Å². The van der Waals surface area contributed by atoms with E-state index < -0.39 is 0 Å². The van der Waals surface area contributed by atoms with Crippen LogP contribution in [0, 0.1) is 0 Å². The van der Waals surface area contributed by atoms with Gasteiger partial charge in [-0.2, -0.15) is 0 Å². The highest BCUT2D eigenvalue weighted by atomic mass is 16.5. The van der Waals surface area contributed by atoms with Crippen molar-refractivity contribution < 1.29 is 9.47 Å². The summed E-state index contributed by atoms with van der Waals surface area (Å²) >= 11 is 0. The summed E-state index contributed by atoms with van der Waals surface area (Å²) < 4.78 is 10.6. The third-order valence-corrected chi connectivity index (χ3v) is 4.28. The lowest BCUT2D eigenvalue weighted by molar-refractivity contribution is 0.355. The molecule has 4 aromatic rings. The highest BCUT2D eigenvalue weighted by Crippen LogP contribution is 2.28. The Morgan fingerprint density at radius 1 is 0.889 bits per heavy atom. The van der Waals surface area contributed by atoms with Gasteiger partial charge in [-0.15, -0.1) is 0 Å². The molecule has 0 aliphatic carbocycles. The van der Waals surface area contributed by atoms with Gasteiger partial charge in [0.25, 0.3) is 0 Å². The first-order valence-corrected chi connectivity index (χ1v) is 8.58. The number of rotatable bonds is 5. The molecule has 0 atom stereocenters. The van der Waals surface area contributed by atoms with Crippen LogP contribution in [-0.4, -0.2) is 30.4 Å². The molecule has 0 aliphatic heterocycles. The Morgan fingerprint density at radius 3 is 2.48 bits per heavy atom. The second-order valence-corrected chi connectivity index (χ2v) is 6.03. The number of fused-ring (bicyclic) bond motifs is 1. The minimum Gasteiger partial charge on any atom is -0.493 e. The molecule has 0 unspecified atom stereocenters. The van der Waals surface area contributed by atoms with Crippen LogP contribution in [0.4, 0.5) is 5.69 Å². The molecule has 0 aliphatic rings. The van der Waals surface area contributed by atoms with Crippen molar-refractivity contribution in [3.63, 3.8) is 0 Å². The maximum atomic E-state index is 5.33. The molecule has 0 amide bonds. The lowest BCUT2D eigenvalue weighted by Gasteiger charge is -2.07. The van der Waals surface area contributed by atoms with Gasteiger partial charge in [0.1, 0.15) is 5.82 Å². The SMILES string of the molecule is COc1ccc(C=Nc2ccc3nc(-c4ccccc4)[nH]c3c2)cc1OC. The molecule has 4 rings (SSSR count). The first-order chi connectivity index (χ1) is 13.3. The van der Waals surface area contributed by atoms with Gasteiger partial charge in [-0.3, -0.25) is 4.99 Å². The van der Waals surface area contributed by atoms with E-state index in [1.165, 1.54) is 0 Å². The maximum Gasteiger partial charge on any atom is 0.161 e. The Labute approximate surface area is 157 Å². The maximum absolute atomic E-state index is 5.33. The third-order valence-electron chi connectivity index (χ3n) is 4.28. The standard InChI is InChI=1S/C22H19N3O2/c1-26-20-11-8-15(12-21(20)27-2)14-23-17-9-10-18-19(13-17)25-22(24-18)16-6-4-3-5-7-16/h3-14H,1-2H3,(H,24,25). The van der Waals surface area contributed by atoms with Gasteiger partial charge in [-0.05, 0) is 42.0 Å². The van der Waals surface area contributed by atoms with Crippen LogP contribution in [0.15, 0.2) is 71.7 Å². The molecule has 5 nitrogen and oxygen atoms in total. The van der Waals surface area contributed by atoms with Crippen molar-refractivity contribution in [2.75, 3.05) is 14.2 Å². The Morgan fingerprint density at radius 2 is 1.70 bits per heavy atom. The smallest absolute Gasteiger partial charge is 0.161 e. The number of nitrogens with one attached hydrogen (secondary N) is 1. The van der Waals surface area contributed by atoms with Crippen molar-refractivity contribution in [3.8, 4) is 22.9 Å². The van der Waals surface area contributed by atoms with E-state index in [0.717, 1.165) is 33.7 Å². The Bertz CT molecular complexity index is 1100. The van der Waals surface area contributed by atoms with E-state index in [1.807, 2.05) is 66.7 Å². The number of aliphatic imine (C=N–C) groups is 1. The van der Waals surface area contributed by atoms with Crippen molar-refractivity contribution >= 4 is 22.9 Å². The number of nitrogens with zero attached hydrogens (tertiary/aromatic N) is 2. The molecular formula is C22H19N3O2. The predicted molar refractivity (Wildman–Crippen MR) is 108 cm³/mol. The van der Waals surface area contributed by atoms with Crippen LogP contribution in [0.3, 0.4) is 0 Å². The van der Waals surface area contributed by atoms with Gasteiger partial charge >= 0.3 is 0 Å². The number of aromatic amines is 1. The molecule has 0 fully saturated rings. The van der Waals surface area contributed by atoms with Crippen molar-refractivity contribution in [3.05, 3.63) is 72.3 Å². The fourth-order valence-corrected chi connectivity index (χ4v) is 2.89. The fourth-order valence-electron chi connectivity index (χ4n) is 2.89. The van der Waals surface area contributed by atoms with Gasteiger partial charge in [0.15, 0.2) is 11.5 Å². The number of benzene rings is 3. The van der Waals surface area contributed by atoms with Crippen LogP contribution in [0.25, 0.3) is 22.4 Å². The molecule has 134 valence electrons. The van der Waals surface area contributed by atoms with E-state index in [9.17, 15) is 0 Å².